The van der Waals surface area contributed by atoms with Crippen LogP contribution in [0, 0.1) is 0 Å². The number of rotatable bonds is 2. The van der Waals surface area contributed by atoms with Crippen molar-refractivity contribution in [1.82, 2.24) is 0 Å². The number of carbonyl (C=O) groups excluding carboxylic acids is 2. The molecule has 0 radical (unpaired) electrons. The highest BCUT2D eigenvalue weighted by atomic mass is 35.5. The second-order valence-electron chi connectivity index (χ2n) is 2.52. The zero-order valence-electron chi connectivity index (χ0n) is 7.21. The topological polar surface area (TPSA) is 43.4 Å². The van der Waals surface area contributed by atoms with E-state index in [1.54, 1.807) is 0 Å². The molecule has 0 fully saturated rings. The van der Waals surface area contributed by atoms with Crippen LogP contribution in [0.1, 0.15) is 17.3 Å². The van der Waals surface area contributed by atoms with Gasteiger partial charge in [0.2, 0.25) is 0 Å². The zero-order chi connectivity index (χ0) is 10.7. The van der Waals surface area contributed by atoms with Gasteiger partial charge in [-0.05, 0) is 12.1 Å². The molecular weight excluding hydrogens is 227 g/mol. The molecule has 0 bridgehead atoms. The van der Waals surface area contributed by atoms with Crippen molar-refractivity contribution in [3.05, 3.63) is 27.7 Å². The highest BCUT2D eigenvalue weighted by Crippen LogP contribution is 2.31. The van der Waals surface area contributed by atoms with Crippen LogP contribution in [-0.4, -0.2) is 12.3 Å². The summed E-state index contributed by atoms with van der Waals surface area (Å²) in [5.41, 5.74) is 0.151. The van der Waals surface area contributed by atoms with Gasteiger partial charge in [0, 0.05) is 11.9 Å². The Labute approximate surface area is 90.6 Å². The third kappa shape index (κ3) is 2.47. The molecule has 0 atom stereocenters. The molecule has 3 nitrogen and oxygen atoms in total. The number of halogens is 2. The summed E-state index contributed by atoms with van der Waals surface area (Å²) in [5, 5.41) is 0.447. The Morgan fingerprint density at radius 3 is 2.57 bits per heavy atom. The van der Waals surface area contributed by atoms with Crippen LogP contribution in [0.4, 0.5) is 0 Å². The number of esters is 1. The Hall–Kier alpha value is -1.06. The van der Waals surface area contributed by atoms with E-state index in [9.17, 15) is 9.59 Å². The molecular formula is C9H6Cl2O3. The van der Waals surface area contributed by atoms with Crippen LogP contribution in [0.5, 0.6) is 5.75 Å². The molecule has 14 heavy (non-hydrogen) atoms. The minimum atomic E-state index is -0.544. The fourth-order valence-corrected chi connectivity index (χ4v) is 1.47. The Morgan fingerprint density at radius 2 is 2.07 bits per heavy atom. The Bertz CT molecular complexity index is 388. The minimum absolute atomic E-state index is 0.0403. The van der Waals surface area contributed by atoms with Crippen molar-refractivity contribution >= 4 is 35.5 Å². The Morgan fingerprint density at radius 1 is 1.43 bits per heavy atom. The lowest BCUT2D eigenvalue weighted by molar-refractivity contribution is -0.131. The van der Waals surface area contributed by atoms with Crippen molar-refractivity contribution in [1.29, 1.82) is 0 Å². The second-order valence-corrected chi connectivity index (χ2v) is 3.36. The summed E-state index contributed by atoms with van der Waals surface area (Å²) < 4.78 is 4.76. The van der Waals surface area contributed by atoms with Crippen molar-refractivity contribution in [3.8, 4) is 5.75 Å². The Kier molecular flexibility index (Phi) is 3.49. The molecule has 5 heteroatoms. The predicted molar refractivity (Wildman–Crippen MR) is 53.2 cm³/mol. The van der Waals surface area contributed by atoms with E-state index in [4.69, 9.17) is 27.9 Å². The molecule has 0 saturated carbocycles. The Balaban J connectivity index is 3.24. The SMILES string of the molecule is CC(=O)Oc1c(Cl)cc(Cl)cc1C=O. The monoisotopic (exact) mass is 232 g/mol. The minimum Gasteiger partial charge on any atom is -0.424 e. The third-order valence-corrected chi connectivity index (χ3v) is 1.91. The van der Waals surface area contributed by atoms with Crippen LogP contribution >= 0.6 is 23.2 Å². The number of benzene rings is 1. The summed E-state index contributed by atoms with van der Waals surface area (Å²) >= 11 is 11.4. The predicted octanol–water partition coefficient (Wildman–Crippen LogP) is 2.73. The van der Waals surface area contributed by atoms with Crippen LogP contribution < -0.4 is 4.74 Å². The van der Waals surface area contributed by atoms with Crippen molar-refractivity contribution in [3.63, 3.8) is 0 Å². The standard InChI is InChI=1S/C9H6Cl2O3/c1-5(13)14-9-6(4-12)2-7(10)3-8(9)11/h2-4H,1H3. The van der Waals surface area contributed by atoms with Crippen LogP contribution in [-0.2, 0) is 4.79 Å². The second kappa shape index (κ2) is 4.44. The molecule has 0 N–H and O–H groups in total. The van der Waals surface area contributed by atoms with E-state index in [0.717, 1.165) is 0 Å². The first-order valence-electron chi connectivity index (χ1n) is 3.67. The summed E-state index contributed by atoms with van der Waals surface area (Å²) in [6.07, 6.45) is 0.524. The highest BCUT2D eigenvalue weighted by Gasteiger charge is 2.11. The summed E-state index contributed by atoms with van der Waals surface area (Å²) in [5.74, 6) is -0.504. The molecule has 0 aromatic heterocycles. The summed E-state index contributed by atoms with van der Waals surface area (Å²) in [4.78, 5) is 21.3. The maximum absolute atomic E-state index is 10.7. The molecule has 74 valence electrons. The molecule has 0 unspecified atom stereocenters. The molecule has 1 rings (SSSR count). The number of hydrogen-bond donors (Lipinski definition) is 0. The van der Waals surface area contributed by atoms with Crippen molar-refractivity contribution in [2.24, 2.45) is 0 Å². The van der Waals surface area contributed by atoms with Crippen LogP contribution in [0.15, 0.2) is 12.1 Å². The van der Waals surface area contributed by atoms with Gasteiger partial charge in [-0.1, -0.05) is 23.2 Å². The first-order chi connectivity index (χ1) is 6.54. The van der Waals surface area contributed by atoms with Gasteiger partial charge in [-0.25, -0.2) is 0 Å². The first-order valence-corrected chi connectivity index (χ1v) is 4.43. The molecule has 0 aliphatic rings. The fraction of sp³-hybridized carbons (Fsp3) is 0.111. The van der Waals surface area contributed by atoms with Crippen molar-refractivity contribution in [2.45, 2.75) is 6.92 Å². The molecule has 0 aliphatic carbocycles. The van der Waals surface area contributed by atoms with Gasteiger partial charge in [0.25, 0.3) is 0 Å². The average molecular weight is 233 g/mol. The van der Waals surface area contributed by atoms with E-state index in [2.05, 4.69) is 0 Å². The van der Waals surface area contributed by atoms with Gasteiger partial charge >= 0.3 is 5.97 Å². The largest absolute Gasteiger partial charge is 0.424 e. The maximum atomic E-state index is 10.7. The number of carbonyl (C=O) groups is 2. The van der Waals surface area contributed by atoms with Gasteiger partial charge in [-0.15, -0.1) is 0 Å². The lowest BCUT2D eigenvalue weighted by atomic mass is 10.2. The summed E-state index contributed by atoms with van der Waals surface area (Å²) in [6.45, 7) is 1.22. The quantitative estimate of drug-likeness (QED) is 0.448. The molecule has 0 heterocycles. The summed E-state index contributed by atoms with van der Waals surface area (Å²) in [6, 6.07) is 2.77. The highest BCUT2D eigenvalue weighted by molar-refractivity contribution is 6.36. The van der Waals surface area contributed by atoms with Gasteiger partial charge in [0.05, 0.1) is 10.6 Å². The number of ether oxygens (including phenoxy) is 1. The molecule has 0 saturated heterocycles. The van der Waals surface area contributed by atoms with E-state index in [1.807, 2.05) is 0 Å². The van der Waals surface area contributed by atoms with E-state index in [1.165, 1.54) is 19.1 Å². The fourth-order valence-electron chi connectivity index (χ4n) is 0.919. The van der Waals surface area contributed by atoms with Crippen LogP contribution in [0.2, 0.25) is 10.0 Å². The molecule has 0 amide bonds. The summed E-state index contributed by atoms with van der Waals surface area (Å²) in [7, 11) is 0. The first kappa shape index (κ1) is 11.0. The van der Waals surface area contributed by atoms with E-state index in [0.29, 0.717) is 11.3 Å². The van der Waals surface area contributed by atoms with Crippen molar-refractivity contribution in [2.75, 3.05) is 0 Å². The zero-order valence-corrected chi connectivity index (χ0v) is 8.72. The number of aldehydes is 1. The van der Waals surface area contributed by atoms with Gasteiger partial charge < -0.3 is 4.74 Å². The third-order valence-electron chi connectivity index (χ3n) is 1.41. The van der Waals surface area contributed by atoms with Crippen molar-refractivity contribution < 1.29 is 14.3 Å². The van der Waals surface area contributed by atoms with Gasteiger partial charge in [-0.2, -0.15) is 0 Å². The molecule has 1 aromatic rings. The normalized spacial score (nSPS) is 9.64. The molecule has 1 aromatic carbocycles. The molecule has 0 spiro atoms. The average Bonchev–Trinajstić information content (AvgIpc) is 2.08. The molecule has 0 aliphatic heterocycles. The smallest absolute Gasteiger partial charge is 0.308 e. The van der Waals surface area contributed by atoms with E-state index >= 15 is 0 Å². The number of hydrogen-bond acceptors (Lipinski definition) is 3. The van der Waals surface area contributed by atoms with Gasteiger partial charge in [-0.3, -0.25) is 9.59 Å². The maximum Gasteiger partial charge on any atom is 0.308 e. The lowest BCUT2D eigenvalue weighted by Crippen LogP contribution is -2.04. The van der Waals surface area contributed by atoms with Crippen LogP contribution in [0.25, 0.3) is 0 Å². The van der Waals surface area contributed by atoms with Crippen LogP contribution in [0.3, 0.4) is 0 Å². The lowest BCUT2D eigenvalue weighted by Gasteiger charge is -2.06. The van der Waals surface area contributed by atoms with Gasteiger partial charge in [0.15, 0.2) is 12.0 Å². The van der Waals surface area contributed by atoms with E-state index in [-0.39, 0.29) is 16.3 Å². The van der Waals surface area contributed by atoms with E-state index < -0.39 is 5.97 Å². The van der Waals surface area contributed by atoms with Gasteiger partial charge in [0.1, 0.15) is 0 Å².